The largest absolute Gasteiger partial charge is 0.430 e. The van der Waals surface area contributed by atoms with E-state index in [-0.39, 0.29) is 11.5 Å². The van der Waals surface area contributed by atoms with Crippen LogP contribution in [0.3, 0.4) is 0 Å². The van der Waals surface area contributed by atoms with Crippen LogP contribution in [0.15, 0.2) is 91.0 Å². The first-order chi connectivity index (χ1) is 19.2. The zero-order chi connectivity index (χ0) is 28.6. The maximum absolute atomic E-state index is 14.5. The summed E-state index contributed by atoms with van der Waals surface area (Å²) in [7, 11) is 0.914. The van der Waals surface area contributed by atoms with Crippen molar-refractivity contribution >= 4 is 5.91 Å². The lowest BCUT2D eigenvalue weighted by Gasteiger charge is -2.35. The van der Waals surface area contributed by atoms with Gasteiger partial charge in [-0.05, 0) is 29.9 Å². The highest BCUT2D eigenvalue weighted by Crippen LogP contribution is 2.45. The maximum atomic E-state index is 14.5. The molecule has 1 amide bonds. The standard InChI is InChI=1S/C32H36F3NO4/c1-24-18-30(22-39-20-25-12-6-3-7-13-25,23-40-21-26-14-8-4-9-15-26)19-28(24)36-29(37)31(38-2,32(33,34)35)27-16-10-5-11-17-27/h3-17,24,28H,18-23H2,1-2H3,(H,36,37)/t24-,28+,31-/m0/s1. The van der Waals surface area contributed by atoms with Crippen LogP contribution in [0.5, 0.6) is 0 Å². The molecule has 1 N–H and O–H groups in total. The number of halogens is 3. The molecule has 0 aromatic heterocycles. The number of rotatable bonds is 12. The number of hydrogen-bond donors (Lipinski definition) is 1. The van der Waals surface area contributed by atoms with Crippen LogP contribution in [0, 0.1) is 11.3 Å². The summed E-state index contributed by atoms with van der Waals surface area (Å²) in [5.74, 6) is -1.33. The number of amides is 1. The third kappa shape index (κ3) is 6.74. The second-order valence-corrected chi connectivity index (χ2v) is 10.7. The van der Waals surface area contributed by atoms with Crippen molar-refractivity contribution in [2.24, 2.45) is 11.3 Å². The molecule has 0 radical (unpaired) electrons. The van der Waals surface area contributed by atoms with Crippen molar-refractivity contribution in [2.75, 3.05) is 20.3 Å². The van der Waals surface area contributed by atoms with Crippen molar-refractivity contribution in [3.05, 3.63) is 108 Å². The van der Waals surface area contributed by atoms with Gasteiger partial charge in [-0.2, -0.15) is 13.2 Å². The fourth-order valence-electron chi connectivity index (χ4n) is 5.66. The number of carbonyl (C=O) groups is 1. The average Bonchev–Trinajstić information content (AvgIpc) is 3.25. The van der Waals surface area contributed by atoms with Gasteiger partial charge in [-0.3, -0.25) is 4.79 Å². The molecule has 4 rings (SSSR count). The minimum Gasteiger partial charge on any atom is -0.376 e. The Hall–Kier alpha value is -3.20. The van der Waals surface area contributed by atoms with Gasteiger partial charge in [-0.15, -0.1) is 0 Å². The van der Waals surface area contributed by atoms with Gasteiger partial charge in [-0.1, -0.05) is 97.9 Å². The number of hydrogen-bond acceptors (Lipinski definition) is 4. The van der Waals surface area contributed by atoms with Crippen molar-refractivity contribution in [3.8, 4) is 0 Å². The van der Waals surface area contributed by atoms with Crippen molar-refractivity contribution < 1.29 is 32.2 Å². The molecule has 1 fully saturated rings. The zero-order valence-corrected chi connectivity index (χ0v) is 22.8. The first-order valence-electron chi connectivity index (χ1n) is 13.4. The number of benzene rings is 3. The molecule has 3 aromatic rings. The Morgan fingerprint density at radius 1 is 0.825 bits per heavy atom. The number of carbonyl (C=O) groups excluding carboxylic acids is 1. The molecule has 3 atom stereocenters. The van der Waals surface area contributed by atoms with E-state index in [1.54, 1.807) is 6.07 Å². The lowest BCUT2D eigenvalue weighted by atomic mass is 9.87. The quantitative estimate of drug-likeness (QED) is 0.280. The molecule has 0 spiro atoms. The summed E-state index contributed by atoms with van der Waals surface area (Å²) in [6.07, 6.45) is -3.93. The molecule has 40 heavy (non-hydrogen) atoms. The van der Waals surface area contributed by atoms with Crippen LogP contribution in [-0.4, -0.2) is 38.4 Å². The molecule has 0 bridgehead atoms. The normalized spacial score (nSPS) is 20.1. The number of alkyl halides is 3. The molecular formula is C32H36F3NO4. The van der Waals surface area contributed by atoms with Gasteiger partial charge in [0.1, 0.15) is 0 Å². The van der Waals surface area contributed by atoms with Crippen molar-refractivity contribution in [3.63, 3.8) is 0 Å². The zero-order valence-electron chi connectivity index (χ0n) is 22.8. The Kier molecular flexibility index (Phi) is 9.66. The molecule has 214 valence electrons. The van der Waals surface area contributed by atoms with Crippen LogP contribution >= 0.6 is 0 Å². The third-order valence-corrected chi connectivity index (χ3v) is 7.66. The second-order valence-electron chi connectivity index (χ2n) is 10.7. The molecule has 8 heteroatoms. The summed E-state index contributed by atoms with van der Waals surface area (Å²) in [6, 6.07) is 26.0. The Morgan fingerprint density at radius 3 is 1.75 bits per heavy atom. The lowest BCUT2D eigenvalue weighted by molar-refractivity contribution is -0.266. The van der Waals surface area contributed by atoms with E-state index in [0.717, 1.165) is 18.2 Å². The summed E-state index contributed by atoms with van der Waals surface area (Å²) < 4.78 is 60.6. The highest BCUT2D eigenvalue weighted by Gasteiger charge is 2.63. The summed E-state index contributed by atoms with van der Waals surface area (Å²) >= 11 is 0. The Labute approximate surface area is 233 Å². The summed E-state index contributed by atoms with van der Waals surface area (Å²) in [4.78, 5) is 13.4. The lowest BCUT2D eigenvalue weighted by Crippen LogP contribution is -2.58. The summed E-state index contributed by atoms with van der Waals surface area (Å²) in [6.45, 7) is 3.44. The maximum Gasteiger partial charge on any atom is 0.430 e. The van der Waals surface area contributed by atoms with Crippen LogP contribution in [0.4, 0.5) is 13.2 Å². The van der Waals surface area contributed by atoms with Gasteiger partial charge in [0.15, 0.2) is 0 Å². The first kappa shape index (κ1) is 29.8. The minimum atomic E-state index is -4.97. The van der Waals surface area contributed by atoms with Crippen LogP contribution < -0.4 is 5.32 Å². The van der Waals surface area contributed by atoms with Crippen LogP contribution in [0.2, 0.25) is 0 Å². The van der Waals surface area contributed by atoms with Gasteiger partial charge in [0.25, 0.3) is 11.5 Å². The van der Waals surface area contributed by atoms with Crippen molar-refractivity contribution in [1.29, 1.82) is 0 Å². The fourth-order valence-corrected chi connectivity index (χ4v) is 5.66. The molecule has 1 saturated carbocycles. The number of ether oxygens (including phenoxy) is 3. The predicted octanol–water partition coefficient (Wildman–Crippen LogP) is 6.43. The molecule has 0 aliphatic heterocycles. The van der Waals surface area contributed by atoms with Gasteiger partial charge in [0, 0.05) is 24.1 Å². The van der Waals surface area contributed by atoms with E-state index in [2.05, 4.69) is 5.32 Å². The average molecular weight is 556 g/mol. The molecule has 0 unspecified atom stereocenters. The van der Waals surface area contributed by atoms with E-state index in [0.29, 0.717) is 39.3 Å². The van der Waals surface area contributed by atoms with Gasteiger partial charge < -0.3 is 19.5 Å². The van der Waals surface area contributed by atoms with Gasteiger partial charge in [0.05, 0.1) is 26.4 Å². The molecule has 0 saturated heterocycles. The summed E-state index contributed by atoms with van der Waals surface area (Å²) in [5, 5.41) is 2.70. The van der Waals surface area contributed by atoms with Crippen molar-refractivity contribution in [2.45, 2.75) is 50.8 Å². The van der Waals surface area contributed by atoms with Gasteiger partial charge in [-0.25, -0.2) is 0 Å². The van der Waals surface area contributed by atoms with E-state index in [9.17, 15) is 18.0 Å². The molecule has 1 aliphatic rings. The monoisotopic (exact) mass is 555 g/mol. The predicted molar refractivity (Wildman–Crippen MR) is 146 cm³/mol. The Bertz CT molecular complexity index is 1160. The summed E-state index contributed by atoms with van der Waals surface area (Å²) in [5.41, 5.74) is -1.82. The van der Waals surface area contributed by atoms with Crippen LogP contribution in [-0.2, 0) is 37.8 Å². The Morgan fingerprint density at radius 2 is 1.30 bits per heavy atom. The third-order valence-electron chi connectivity index (χ3n) is 7.66. The topological polar surface area (TPSA) is 56.8 Å². The first-order valence-corrected chi connectivity index (χ1v) is 13.4. The SMILES string of the molecule is CO[C@](C(=O)N[C@@H]1CC(COCc2ccccc2)(COCc2ccccc2)C[C@@H]1C)(c1ccccc1)C(F)(F)F. The van der Waals surface area contributed by atoms with E-state index in [4.69, 9.17) is 14.2 Å². The number of nitrogens with one attached hydrogen (secondary N) is 1. The number of methoxy groups -OCH3 is 1. The smallest absolute Gasteiger partial charge is 0.376 e. The molecule has 3 aromatic carbocycles. The highest BCUT2D eigenvalue weighted by molar-refractivity contribution is 5.88. The fraction of sp³-hybridized carbons (Fsp3) is 0.406. The van der Waals surface area contributed by atoms with Crippen molar-refractivity contribution in [1.82, 2.24) is 5.32 Å². The highest BCUT2D eigenvalue weighted by atomic mass is 19.4. The van der Waals surface area contributed by atoms with E-state index < -0.39 is 29.1 Å². The second kappa shape index (κ2) is 13.0. The minimum absolute atomic E-state index is 0.108. The molecule has 5 nitrogen and oxygen atoms in total. The molecule has 0 heterocycles. The Balaban J connectivity index is 1.51. The van der Waals surface area contributed by atoms with Gasteiger partial charge >= 0.3 is 6.18 Å². The van der Waals surface area contributed by atoms with Crippen LogP contribution in [0.1, 0.15) is 36.5 Å². The molecular weight excluding hydrogens is 519 g/mol. The van der Waals surface area contributed by atoms with Crippen LogP contribution in [0.25, 0.3) is 0 Å². The molecule has 1 aliphatic carbocycles. The van der Waals surface area contributed by atoms with E-state index in [1.807, 2.05) is 67.6 Å². The van der Waals surface area contributed by atoms with E-state index >= 15 is 0 Å². The van der Waals surface area contributed by atoms with Gasteiger partial charge in [0.2, 0.25) is 0 Å². The van der Waals surface area contributed by atoms with E-state index in [1.165, 1.54) is 24.3 Å².